The molecular formula is C17H31N2O13P. The summed E-state index contributed by atoms with van der Waals surface area (Å²) >= 11 is 0. The minimum Gasteiger partial charge on any atom is -0.479 e. The fraction of sp³-hybridized carbons (Fsp3) is 0.824. The number of phosphoric acid groups is 1. The molecule has 15 nitrogen and oxygen atoms in total. The summed E-state index contributed by atoms with van der Waals surface area (Å²) in [5, 5.41) is 31.1. The highest BCUT2D eigenvalue weighted by Crippen LogP contribution is 2.46. The zero-order chi connectivity index (χ0) is 25.2. The lowest BCUT2D eigenvalue weighted by Gasteiger charge is -2.43. The van der Waals surface area contributed by atoms with E-state index < -0.39 is 75.8 Å². The molecule has 1 aliphatic heterocycles. The number of rotatable bonds is 14. The summed E-state index contributed by atoms with van der Waals surface area (Å²) in [6.45, 7) is 1.41. The lowest BCUT2D eigenvalue weighted by molar-refractivity contribution is -0.247. The molecule has 1 heterocycles. The van der Waals surface area contributed by atoms with E-state index in [-0.39, 0.29) is 6.61 Å². The monoisotopic (exact) mass is 502 g/mol. The molecule has 0 aromatic carbocycles. The van der Waals surface area contributed by atoms with Crippen molar-refractivity contribution in [3.05, 3.63) is 0 Å². The van der Waals surface area contributed by atoms with Crippen LogP contribution < -0.4 is 11.1 Å². The Balaban J connectivity index is 2.94. The normalized spacial score (nSPS) is 27.8. The number of phosphoric ester groups is 1. The van der Waals surface area contributed by atoms with Gasteiger partial charge in [0.1, 0.15) is 18.2 Å². The Morgan fingerprint density at radius 2 is 1.94 bits per heavy atom. The fourth-order valence-electron chi connectivity index (χ4n) is 2.91. The van der Waals surface area contributed by atoms with Crippen LogP contribution in [0.5, 0.6) is 0 Å². The number of nitrogens with one attached hydrogen (secondary N) is 1. The maximum Gasteiger partial charge on any atom is 0.474 e. The van der Waals surface area contributed by atoms with Gasteiger partial charge in [0.15, 0.2) is 18.5 Å². The number of nitrogens with two attached hydrogens (primary N) is 1. The van der Waals surface area contributed by atoms with Gasteiger partial charge in [-0.25, -0.2) is 14.2 Å². The molecule has 1 saturated heterocycles. The van der Waals surface area contributed by atoms with Gasteiger partial charge in [-0.2, -0.15) is 0 Å². The molecule has 0 aromatic rings. The van der Waals surface area contributed by atoms with Gasteiger partial charge in [-0.1, -0.05) is 19.8 Å². The van der Waals surface area contributed by atoms with Crippen molar-refractivity contribution in [3.63, 3.8) is 0 Å². The molecule has 0 radical (unpaired) electrons. The molecule has 0 saturated carbocycles. The van der Waals surface area contributed by atoms with Crippen molar-refractivity contribution in [1.82, 2.24) is 5.32 Å². The van der Waals surface area contributed by atoms with E-state index in [1.807, 2.05) is 6.92 Å². The van der Waals surface area contributed by atoms with Crippen LogP contribution in [0.3, 0.4) is 0 Å². The largest absolute Gasteiger partial charge is 0.479 e. The maximum atomic E-state index is 12.4. The molecule has 1 unspecified atom stereocenters. The number of primary amides is 1. The average Bonchev–Trinajstić information content (AvgIpc) is 2.71. The second kappa shape index (κ2) is 13.8. The molecule has 2 amide bonds. The first-order chi connectivity index (χ1) is 15.4. The molecule has 1 rings (SSSR count). The first-order valence-electron chi connectivity index (χ1n) is 10.1. The average molecular weight is 502 g/mol. The minimum atomic E-state index is -5.05. The third-order valence-corrected chi connectivity index (χ3v) is 5.39. The number of amides is 2. The van der Waals surface area contributed by atoms with Crippen LogP contribution in [0.4, 0.5) is 4.79 Å². The Labute approximate surface area is 189 Å². The van der Waals surface area contributed by atoms with Crippen molar-refractivity contribution in [3.8, 4) is 0 Å². The quantitative estimate of drug-likeness (QED) is 0.121. The van der Waals surface area contributed by atoms with E-state index >= 15 is 0 Å². The van der Waals surface area contributed by atoms with E-state index in [2.05, 4.69) is 5.32 Å². The highest BCUT2D eigenvalue weighted by atomic mass is 31.2. The molecule has 7 atom stereocenters. The van der Waals surface area contributed by atoms with Gasteiger partial charge >= 0.3 is 19.9 Å². The third-order valence-electron chi connectivity index (χ3n) is 4.44. The van der Waals surface area contributed by atoms with Gasteiger partial charge in [-0.3, -0.25) is 13.8 Å². The Morgan fingerprint density at radius 1 is 1.27 bits per heavy atom. The van der Waals surface area contributed by atoms with Crippen LogP contribution in [0.25, 0.3) is 0 Å². The van der Waals surface area contributed by atoms with E-state index in [4.69, 9.17) is 29.0 Å². The molecule has 16 heteroatoms. The summed E-state index contributed by atoms with van der Waals surface area (Å²) in [4.78, 5) is 44.2. The first-order valence-corrected chi connectivity index (χ1v) is 11.6. The summed E-state index contributed by atoms with van der Waals surface area (Å²) in [6.07, 6.45) is -7.32. The minimum absolute atomic E-state index is 0.0866. The van der Waals surface area contributed by atoms with Gasteiger partial charge < -0.3 is 45.5 Å². The second-order valence-corrected chi connectivity index (χ2v) is 8.52. The number of hydrogen-bond acceptors (Lipinski definition) is 11. The molecule has 0 aliphatic carbocycles. The number of hydrogen-bond donors (Lipinski definition) is 6. The van der Waals surface area contributed by atoms with Crippen molar-refractivity contribution < 1.29 is 62.4 Å². The summed E-state index contributed by atoms with van der Waals surface area (Å²) in [5.74, 6) is -2.15. The molecule has 0 spiro atoms. The second-order valence-electron chi connectivity index (χ2n) is 7.12. The van der Waals surface area contributed by atoms with Gasteiger partial charge in [0.05, 0.1) is 13.2 Å². The summed E-state index contributed by atoms with van der Waals surface area (Å²) in [7, 11) is -5.05. The van der Waals surface area contributed by atoms with Gasteiger partial charge in [-0.05, 0) is 6.42 Å². The number of aliphatic hydroxyl groups is 2. The standard InChI is InChI=1S/C17H31N2O13P/c1-3-4-5-6-28-11(15(23)24)8-29-33(26,27)32-16-12(19-9(2)21)14(31-17(18)25)13(22)10(7-20)30-16/h10-14,16,20,22H,3-8H2,1-2H3,(H2,18,25)(H,19,21)(H,23,24)(H,26,27)/t10-,11-,12-,13-,14-,16-/m1/s1. The third kappa shape index (κ3) is 9.90. The van der Waals surface area contributed by atoms with Gasteiger partial charge in [-0.15, -0.1) is 0 Å². The summed E-state index contributed by atoms with van der Waals surface area (Å²) in [5.41, 5.74) is 4.98. The fourth-order valence-corrected chi connectivity index (χ4v) is 3.74. The van der Waals surface area contributed by atoms with Crippen LogP contribution in [0.1, 0.15) is 33.1 Å². The van der Waals surface area contributed by atoms with E-state index in [0.29, 0.717) is 6.42 Å². The number of aliphatic carboxylic acids is 1. The molecule has 0 aromatic heterocycles. The summed E-state index contributed by atoms with van der Waals surface area (Å²) in [6, 6.07) is -1.54. The van der Waals surface area contributed by atoms with E-state index in [1.165, 1.54) is 0 Å². The highest BCUT2D eigenvalue weighted by Gasteiger charge is 2.50. The van der Waals surface area contributed by atoms with Crippen LogP contribution in [0.15, 0.2) is 0 Å². The zero-order valence-corrected chi connectivity index (χ0v) is 19.1. The van der Waals surface area contributed by atoms with Crippen molar-refractivity contribution in [2.24, 2.45) is 5.73 Å². The maximum absolute atomic E-state index is 12.4. The highest BCUT2D eigenvalue weighted by molar-refractivity contribution is 7.47. The van der Waals surface area contributed by atoms with Crippen LogP contribution in [-0.4, -0.2) is 94.8 Å². The first kappa shape index (κ1) is 29.2. The SMILES string of the molecule is CCCCCO[C@H](COP(=O)(O)O[C@H]1O[C@H](CO)[C@@H](O)[C@H](OC(N)=O)[C@H]1NC(C)=O)C(=O)O. The molecule has 192 valence electrons. The van der Waals surface area contributed by atoms with Crippen molar-refractivity contribution in [1.29, 1.82) is 0 Å². The Bertz CT molecular complexity index is 708. The Kier molecular flexibility index (Phi) is 12.2. The molecule has 1 aliphatic rings. The predicted molar refractivity (Wildman–Crippen MR) is 108 cm³/mol. The van der Waals surface area contributed by atoms with Gasteiger partial charge in [0, 0.05) is 13.5 Å². The number of unbranched alkanes of at least 4 members (excludes halogenated alkanes) is 2. The number of carboxylic acids is 1. The zero-order valence-electron chi connectivity index (χ0n) is 18.2. The number of carbonyl (C=O) groups is 3. The predicted octanol–water partition coefficient (Wildman–Crippen LogP) is -1.17. The molecular weight excluding hydrogens is 471 g/mol. The van der Waals surface area contributed by atoms with E-state index in [9.17, 15) is 39.2 Å². The number of carboxylic acid groups (broad SMARTS) is 1. The van der Waals surface area contributed by atoms with Crippen molar-refractivity contribution in [2.75, 3.05) is 19.8 Å². The lowest BCUT2D eigenvalue weighted by Crippen LogP contribution is -2.65. The number of carbonyl (C=O) groups excluding carboxylic acids is 2. The van der Waals surface area contributed by atoms with Crippen molar-refractivity contribution >= 4 is 25.8 Å². The Hall–Kier alpha value is -1.84. The van der Waals surface area contributed by atoms with Crippen LogP contribution in [0, 0.1) is 0 Å². The Morgan fingerprint density at radius 3 is 2.45 bits per heavy atom. The number of ether oxygens (including phenoxy) is 3. The molecule has 33 heavy (non-hydrogen) atoms. The molecule has 0 bridgehead atoms. The van der Waals surface area contributed by atoms with E-state index in [0.717, 1.165) is 19.8 Å². The molecule has 7 N–H and O–H groups in total. The van der Waals surface area contributed by atoms with Crippen molar-refractivity contribution in [2.45, 2.75) is 69.9 Å². The molecule has 1 fully saturated rings. The number of aliphatic hydroxyl groups excluding tert-OH is 2. The van der Waals surface area contributed by atoms with Crippen LogP contribution >= 0.6 is 7.82 Å². The van der Waals surface area contributed by atoms with E-state index in [1.54, 1.807) is 0 Å². The smallest absolute Gasteiger partial charge is 0.474 e. The van der Waals surface area contributed by atoms with Crippen LogP contribution in [-0.2, 0) is 37.4 Å². The van der Waals surface area contributed by atoms with Crippen LogP contribution in [0.2, 0.25) is 0 Å². The topological polar surface area (TPSA) is 233 Å². The lowest BCUT2D eigenvalue weighted by atomic mass is 9.97. The van der Waals surface area contributed by atoms with Gasteiger partial charge in [0.2, 0.25) is 5.91 Å². The van der Waals surface area contributed by atoms with Gasteiger partial charge in [0.25, 0.3) is 0 Å². The summed E-state index contributed by atoms with van der Waals surface area (Å²) < 4.78 is 37.2.